The lowest BCUT2D eigenvalue weighted by molar-refractivity contribution is -0.136. The molecule has 0 radical (unpaired) electrons. The second kappa shape index (κ2) is 4.64. The maximum absolute atomic E-state index is 10.7. The maximum Gasteiger partial charge on any atom is 0.307 e. The van der Waals surface area contributed by atoms with Crippen molar-refractivity contribution < 1.29 is 9.90 Å². The molecule has 0 aliphatic rings. The first-order valence-corrected chi connectivity index (χ1v) is 5.81. The molecule has 0 atom stereocenters. The first-order chi connectivity index (χ1) is 8.45. The van der Waals surface area contributed by atoms with Crippen LogP contribution in [0.3, 0.4) is 0 Å². The van der Waals surface area contributed by atoms with E-state index in [0.29, 0.717) is 0 Å². The fourth-order valence-electron chi connectivity index (χ4n) is 2.05. The molecule has 4 nitrogen and oxygen atoms in total. The summed E-state index contributed by atoms with van der Waals surface area (Å²) in [6.45, 7) is 5.90. The largest absolute Gasteiger partial charge is 0.481 e. The lowest BCUT2D eigenvalue weighted by Gasteiger charge is -2.04. The van der Waals surface area contributed by atoms with Gasteiger partial charge in [-0.05, 0) is 44.0 Å². The Kier molecular flexibility index (Phi) is 3.19. The Hall–Kier alpha value is -2.10. The second-order valence-corrected chi connectivity index (χ2v) is 4.60. The van der Waals surface area contributed by atoms with Gasteiger partial charge in [0.25, 0.3) is 0 Å². The summed E-state index contributed by atoms with van der Waals surface area (Å²) in [5.74, 6) is -0.835. The number of rotatable bonds is 3. The van der Waals surface area contributed by atoms with Crippen LogP contribution in [0.4, 0.5) is 0 Å². The topological polar surface area (TPSA) is 55.1 Å². The number of nitrogens with zero attached hydrogens (tertiary/aromatic N) is 2. The molecule has 94 valence electrons. The maximum atomic E-state index is 10.7. The van der Waals surface area contributed by atoms with Crippen molar-refractivity contribution >= 4 is 5.97 Å². The molecule has 1 aromatic heterocycles. The van der Waals surface area contributed by atoms with E-state index >= 15 is 0 Å². The number of benzene rings is 1. The third-order valence-electron chi connectivity index (χ3n) is 2.81. The van der Waals surface area contributed by atoms with Crippen molar-refractivity contribution in [2.45, 2.75) is 27.2 Å². The van der Waals surface area contributed by atoms with Gasteiger partial charge >= 0.3 is 5.97 Å². The molecule has 0 saturated heterocycles. The molecule has 0 aliphatic carbocycles. The van der Waals surface area contributed by atoms with E-state index in [2.05, 4.69) is 11.2 Å². The fourth-order valence-corrected chi connectivity index (χ4v) is 2.05. The minimum Gasteiger partial charge on any atom is -0.481 e. The SMILES string of the molecule is Cc1cc(C)cc(-n2cc(CC(=O)O)c(C)n2)c1. The zero-order valence-corrected chi connectivity index (χ0v) is 10.8. The van der Waals surface area contributed by atoms with Crippen LogP contribution in [0.1, 0.15) is 22.4 Å². The highest BCUT2D eigenvalue weighted by atomic mass is 16.4. The summed E-state index contributed by atoms with van der Waals surface area (Å²) >= 11 is 0. The number of aliphatic carboxylic acids is 1. The van der Waals surface area contributed by atoms with E-state index in [9.17, 15) is 4.79 Å². The van der Waals surface area contributed by atoms with E-state index in [1.165, 1.54) is 0 Å². The van der Waals surface area contributed by atoms with E-state index in [0.717, 1.165) is 28.1 Å². The lowest BCUT2D eigenvalue weighted by atomic mass is 10.1. The Balaban J connectivity index is 2.42. The minimum absolute atomic E-state index is 0.0105. The van der Waals surface area contributed by atoms with Crippen molar-refractivity contribution in [1.82, 2.24) is 9.78 Å². The van der Waals surface area contributed by atoms with Gasteiger partial charge in [-0.15, -0.1) is 0 Å². The predicted octanol–water partition coefficient (Wildman–Crippen LogP) is 2.42. The highest BCUT2D eigenvalue weighted by Crippen LogP contribution is 2.16. The zero-order chi connectivity index (χ0) is 13.3. The first-order valence-electron chi connectivity index (χ1n) is 5.81. The van der Waals surface area contributed by atoms with Gasteiger partial charge in [0.15, 0.2) is 0 Å². The summed E-state index contributed by atoms with van der Waals surface area (Å²) in [7, 11) is 0. The Bertz CT molecular complexity index is 580. The van der Waals surface area contributed by atoms with Gasteiger partial charge in [-0.1, -0.05) is 6.07 Å². The molecule has 18 heavy (non-hydrogen) atoms. The monoisotopic (exact) mass is 244 g/mol. The highest BCUT2D eigenvalue weighted by Gasteiger charge is 2.10. The van der Waals surface area contributed by atoms with Crippen LogP contribution in [0.25, 0.3) is 5.69 Å². The van der Waals surface area contributed by atoms with Crippen molar-refractivity contribution in [3.8, 4) is 5.69 Å². The van der Waals surface area contributed by atoms with Gasteiger partial charge < -0.3 is 5.11 Å². The average molecular weight is 244 g/mol. The number of carboxylic acids is 1. The average Bonchev–Trinajstić information content (AvgIpc) is 2.58. The molecule has 1 N–H and O–H groups in total. The van der Waals surface area contributed by atoms with Crippen LogP contribution in [-0.2, 0) is 11.2 Å². The summed E-state index contributed by atoms with van der Waals surface area (Å²) in [4.78, 5) is 10.7. The van der Waals surface area contributed by atoms with Gasteiger partial charge in [0.05, 0.1) is 17.8 Å². The molecule has 0 aliphatic heterocycles. The van der Waals surface area contributed by atoms with Crippen LogP contribution in [0.15, 0.2) is 24.4 Å². The van der Waals surface area contributed by atoms with Crippen molar-refractivity contribution in [2.24, 2.45) is 0 Å². The zero-order valence-electron chi connectivity index (χ0n) is 10.8. The molecule has 0 amide bonds. The van der Waals surface area contributed by atoms with Crippen LogP contribution in [0.5, 0.6) is 0 Å². The van der Waals surface area contributed by atoms with E-state index in [4.69, 9.17) is 5.11 Å². The van der Waals surface area contributed by atoms with Gasteiger partial charge in [0, 0.05) is 11.8 Å². The smallest absolute Gasteiger partial charge is 0.307 e. The molecule has 0 saturated carbocycles. The quantitative estimate of drug-likeness (QED) is 0.902. The summed E-state index contributed by atoms with van der Waals surface area (Å²) < 4.78 is 1.74. The second-order valence-electron chi connectivity index (χ2n) is 4.60. The number of aryl methyl sites for hydroxylation is 3. The molecule has 4 heteroatoms. The summed E-state index contributed by atoms with van der Waals surface area (Å²) in [5, 5.41) is 13.2. The normalized spacial score (nSPS) is 10.6. The van der Waals surface area contributed by atoms with Crippen LogP contribution >= 0.6 is 0 Å². The molecule has 2 rings (SSSR count). The Morgan fingerprint density at radius 2 is 1.83 bits per heavy atom. The molecule has 0 fully saturated rings. The van der Waals surface area contributed by atoms with Crippen LogP contribution < -0.4 is 0 Å². The molecule has 1 heterocycles. The summed E-state index contributed by atoms with van der Waals surface area (Å²) in [6, 6.07) is 6.16. The van der Waals surface area contributed by atoms with Crippen LogP contribution in [0, 0.1) is 20.8 Å². The van der Waals surface area contributed by atoms with Gasteiger partial charge in [0.2, 0.25) is 0 Å². The number of carbonyl (C=O) groups is 1. The number of aromatic nitrogens is 2. The lowest BCUT2D eigenvalue weighted by Crippen LogP contribution is -2.00. The van der Waals surface area contributed by atoms with Crippen molar-refractivity contribution in [3.63, 3.8) is 0 Å². The Morgan fingerprint density at radius 1 is 1.22 bits per heavy atom. The molecular formula is C14H16N2O2. The van der Waals surface area contributed by atoms with E-state index in [1.54, 1.807) is 10.9 Å². The highest BCUT2D eigenvalue weighted by molar-refractivity contribution is 5.70. The van der Waals surface area contributed by atoms with E-state index < -0.39 is 5.97 Å². The van der Waals surface area contributed by atoms with E-state index in [1.807, 2.05) is 32.9 Å². The molecule has 0 spiro atoms. The van der Waals surface area contributed by atoms with E-state index in [-0.39, 0.29) is 6.42 Å². The Labute approximate surface area is 106 Å². The molecule has 0 bridgehead atoms. The Morgan fingerprint density at radius 3 is 2.39 bits per heavy atom. The van der Waals surface area contributed by atoms with Crippen molar-refractivity contribution in [1.29, 1.82) is 0 Å². The standard InChI is InChI=1S/C14H16N2O2/c1-9-4-10(2)6-13(5-9)16-8-12(7-14(17)18)11(3)15-16/h4-6,8H,7H2,1-3H3,(H,17,18). The number of hydrogen-bond donors (Lipinski definition) is 1. The van der Waals surface area contributed by atoms with Gasteiger partial charge in [-0.2, -0.15) is 5.10 Å². The first kappa shape index (κ1) is 12.4. The molecular weight excluding hydrogens is 228 g/mol. The molecule has 1 aromatic carbocycles. The fraction of sp³-hybridized carbons (Fsp3) is 0.286. The van der Waals surface area contributed by atoms with Crippen LogP contribution in [-0.4, -0.2) is 20.9 Å². The van der Waals surface area contributed by atoms with Gasteiger partial charge in [0.1, 0.15) is 0 Å². The number of carboxylic acid groups (broad SMARTS) is 1. The third-order valence-corrected chi connectivity index (χ3v) is 2.81. The van der Waals surface area contributed by atoms with Gasteiger partial charge in [-0.25, -0.2) is 4.68 Å². The third kappa shape index (κ3) is 2.59. The molecule has 2 aromatic rings. The van der Waals surface area contributed by atoms with Crippen LogP contribution in [0.2, 0.25) is 0 Å². The number of hydrogen-bond acceptors (Lipinski definition) is 2. The summed E-state index contributed by atoms with van der Waals surface area (Å²) in [5.41, 5.74) is 4.81. The predicted molar refractivity (Wildman–Crippen MR) is 69.1 cm³/mol. The minimum atomic E-state index is -0.835. The molecule has 0 unspecified atom stereocenters. The van der Waals surface area contributed by atoms with Crippen molar-refractivity contribution in [2.75, 3.05) is 0 Å². The van der Waals surface area contributed by atoms with Gasteiger partial charge in [-0.3, -0.25) is 4.79 Å². The summed E-state index contributed by atoms with van der Waals surface area (Å²) in [6.07, 6.45) is 1.80. The van der Waals surface area contributed by atoms with Crippen molar-refractivity contribution in [3.05, 3.63) is 46.8 Å².